The molecule has 1 aromatic heterocycles. The van der Waals surface area contributed by atoms with Gasteiger partial charge in [-0.25, -0.2) is 11.0 Å². The van der Waals surface area contributed by atoms with Gasteiger partial charge in [-0.3, -0.25) is 9.88 Å². The highest BCUT2D eigenvalue weighted by atomic mass is 35.5. The van der Waals surface area contributed by atoms with E-state index in [1.54, 1.807) is 13.0 Å². The lowest BCUT2D eigenvalue weighted by molar-refractivity contribution is 0.156. The van der Waals surface area contributed by atoms with Crippen LogP contribution in [0.5, 0.6) is 0 Å². The molecule has 0 amide bonds. The summed E-state index contributed by atoms with van der Waals surface area (Å²) in [5.41, 5.74) is 9.77. The third kappa shape index (κ3) is 10.4. The SMILES string of the molecule is C=C(/C=C(Cl)\C=C/C/C=C/C(=C)N1CCN(Cc2ccnc(CC)c2)CC1)CN(N)/N=C(/C)N. The van der Waals surface area contributed by atoms with Crippen LogP contribution in [0.15, 0.2) is 83.3 Å². The van der Waals surface area contributed by atoms with E-state index < -0.39 is 0 Å². The van der Waals surface area contributed by atoms with E-state index in [4.69, 9.17) is 23.2 Å². The van der Waals surface area contributed by atoms with Crippen LogP contribution >= 0.6 is 11.6 Å². The van der Waals surface area contributed by atoms with Crippen LogP contribution < -0.4 is 11.6 Å². The first-order chi connectivity index (χ1) is 16.3. The molecule has 1 fully saturated rings. The zero-order valence-corrected chi connectivity index (χ0v) is 21.2. The van der Waals surface area contributed by atoms with Crippen LogP contribution in [-0.2, 0) is 13.0 Å². The summed E-state index contributed by atoms with van der Waals surface area (Å²) in [6, 6.07) is 4.32. The summed E-state index contributed by atoms with van der Waals surface area (Å²) >= 11 is 6.25. The Balaban J connectivity index is 1.71. The third-order valence-electron chi connectivity index (χ3n) is 5.28. The predicted octanol–water partition coefficient (Wildman–Crippen LogP) is 3.92. The van der Waals surface area contributed by atoms with Gasteiger partial charge in [0.2, 0.25) is 0 Å². The molecule has 8 heteroatoms. The summed E-state index contributed by atoms with van der Waals surface area (Å²) in [4.78, 5) is 9.21. The maximum Gasteiger partial charge on any atom is 0.118 e. The van der Waals surface area contributed by atoms with Crippen molar-refractivity contribution in [1.82, 2.24) is 19.9 Å². The summed E-state index contributed by atoms with van der Waals surface area (Å²) in [5, 5.41) is 5.74. The number of amidine groups is 1. The number of hydrazone groups is 1. The van der Waals surface area contributed by atoms with E-state index in [1.165, 1.54) is 10.7 Å². The van der Waals surface area contributed by atoms with Crippen molar-refractivity contribution in [1.29, 1.82) is 0 Å². The molecule has 0 bridgehead atoms. The van der Waals surface area contributed by atoms with Crippen LogP contribution in [0, 0.1) is 0 Å². The van der Waals surface area contributed by atoms with E-state index in [2.05, 4.69) is 64.3 Å². The Morgan fingerprint density at radius 1 is 1.24 bits per heavy atom. The predicted molar refractivity (Wildman–Crippen MR) is 144 cm³/mol. The van der Waals surface area contributed by atoms with E-state index in [-0.39, 0.29) is 0 Å². The quantitative estimate of drug-likeness (QED) is 0.154. The standard InChI is InChI=1S/C26H38ClN7/c1-5-26-18-24(11-12-30-26)20-32-13-15-33(16-14-32)22(3)9-7-6-8-10-25(27)17-21(2)19-34(29)31-23(4)28/h7-12,17-18H,2-3,5-6,13-16,19-20,29H2,1,4H3,(H2,28,31)/b9-7+,10-8-,25-17+. The Labute approximate surface area is 209 Å². The minimum Gasteiger partial charge on any atom is -0.386 e. The van der Waals surface area contributed by atoms with Gasteiger partial charge in [0.05, 0.1) is 6.54 Å². The number of nitrogens with zero attached hydrogens (tertiary/aromatic N) is 5. The lowest BCUT2D eigenvalue weighted by atomic mass is 10.1. The van der Waals surface area contributed by atoms with Crippen molar-refractivity contribution in [2.75, 3.05) is 32.7 Å². The Morgan fingerprint density at radius 3 is 2.62 bits per heavy atom. The molecule has 0 spiro atoms. The number of hydrazine groups is 1. The second kappa shape index (κ2) is 14.4. The number of piperazine rings is 1. The van der Waals surface area contributed by atoms with Gasteiger partial charge in [0.15, 0.2) is 0 Å². The van der Waals surface area contributed by atoms with Crippen molar-refractivity contribution in [2.24, 2.45) is 16.7 Å². The van der Waals surface area contributed by atoms with E-state index in [9.17, 15) is 0 Å². The van der Waals surface area contributed by atoms with Gasteiger partial charge < -0.3 is 10.6 Å². The van der Waals surface area contributed by atoms with Crippen LogP contribution in [0.4, 0.5) is 0 Å². The highest BCUT2D eigenvalue weighted by molar-refractivity contribution is 6.31. The van der Waals surface area contributed by atoms with Crippen LogP contribution in [0.2, 0.25) is 0 Å². The smallest absolute Gasteiger partial charge is 0.118 e. The lowest BCUT2D eigenvalue weighted by Gasteiger charge is -2.36. The zero-order valence-electron chi connectivity index (χ0n) is 20.5. The van der Waals surface area contributed by atoms with E-state index >= 15 is 0 Å². The topological polar surface area (TPSA) is 87.0 Å². The first kappa shape index (κ1) is 27.4. The largest absolute Gasteiger partial charge is 0.386 e. The zero-order chi connectivity index (χ0) is 24.9. The van der Waals surface area contributed by atoms with Crippen molar-refractivity contribution in [2.45, 2.75) is 33.2 Å². The van der Waals surface area contributed by atoms with Crippen LogP contribution in [-0.4, -0.2) is 58.5 Å². The minimum atomic E-state index is 0.341. The lowest BCUT2D eigenvalue weighted by Crippen LogP contribution is -2.44. The molecule has 4 N–H and O–H groups in total. The maximum atomic E-state index is 6.25. The van der Waals surface area contributed by atoms with Gasteiger partial charge in [-0.2, -0.15) is 0 Å². The van der Waals surface area contributed by atoms with Gasteiger partial charge in [-0.1, -0.05) is 43.8 Å². The third-order valence-corrected chi connectivity index (χ3v) is 5.52. The Kier molecular flexibility index (Phi) is 11.6. The highest BCUT2D eigenvalue weighted by Gasteiger charge is 2.17. The summed E-state index contributed by atoms with van der Waals surface area (Å²) in [6.45, 7) is 17.3. The monoisotopic (exact) mass is 483 g/mol. The molecule has 0 aromatic carbocycles. The van der Waals surface area contributed by atoms with Crippen LogP contribution in [0.1, 0.15) is 31.5 Å². The van der Waals surface area contributed by atoms with Crippen molar-refractivity contribution in [3.63, 3.8) is 0 Å². The molecule has 1 aliphatic rings. The average Bonchev–Trinajstić information content (AvgIpc) is 2.78. The number of rotatable bonds is 12. The van der Waals surface area contributed by atoms with E-state index in [0.29, 0.717) is 17.4 Å². The molecule has 0 aliphatic carbocycles. The molecule has 7 nitrogen and oxygen atoms in total. The molecule has 0 radical (unpaired) electrons. The number of halogens is 1. The van der Waals surface area contributed by atoms with Gasteiger partial charge in [-0.05, 0) is 61.3 Å². The molecule has 1 aliphatic heterocycles. The van der Waals surface area contributed by atoms with Crippen molar-refractivity contribution in [3.05, 3.63) is 89.4 Å². The number of aryl methyl sites for hydroxylation is 1. The Morgan fingerprint density at radius 2 is 1.94 bits per heavy atom. The summed E-state index contributed by atoms with van der Waals surface area (Å²) in [6.07, 6.45) is 13.4. The molecule has 2 rings (SSSR count). The van der Waals surface area contributed by atoms with E-state index in [0.717, 1.165) is 62.5 Å². The summed E-state index contributed by atoms with van der Waals surface area (Å²) < 4.78 is 0. The summed E-state index contributed by atoms with van der Waals surface area (Å²) in [5.74, 6) is 6.11. The summed E-state index contributed by atoms with van der Waals surface area (Å²) in [7, 11) is 0. The number of pyridine rings is 1. The van der Waals surface area contributed by atoms with Gasteiger partial charge in [0.25, 0.3) is 0 Å². The van der Waals surface area contributed by atoms with Crippen molar-refractivity contribution >= 4 is 17.4 Å². The first-order valence-corrected chi connectivity index (χ1v) is 12.0. The van der Waals surface area contributed by atoms with Crippen LogP contribution in [0.3, 0.4) is 0 Å². The molecule has 34 heavy (non-hydrogen) atoms. The second-order valence-corrected chi connectivity index (χ2v) is 8.77. The highest BCUT2D eigenvalue weighted by Crippen LogP contribution is 2.14. The minimum absolute atomic E-state index is 0.341. The Bertz CT molecular complexity index is 936. The normalized spacial score (nSPS) is 15.9. The van der Waals surface area contributed by atoms with Crippen LogP contribution in [0.25, 0.3) is 0 Å². The van der Waals surface area contributed by atoms with Crippen molar-refractivity contribution in [3.8, 4) is 0 Å². The number of nitrogens with two attached hydrogens (primary N) is 2. The maximum absolute atomic E-state index is 6.25. The molecule has 1 aromatic rings. The fourth-order valence-electron chi connectivity index (χ4n) is 3.57. The fraction of sp³-hybridized carbons (Fsp3) is 0.385. The molecule has 1 saturated heterocycles. The second-order valence-electron chi connectivity index (χ2n) is 8.33. The first-order valence-electron chi connectivity index (χ1n) is 11.6. The molecule has 0 unspecified atom stereocenters. The van der Waals surface area contributed by atoms with Crippen molar-refractivity contribution < 1.29 is 0 Å². The number of hydrogen-bond acceptors (Lipinski definition) is 6. The molecule has 2 heterocycles. The van der Waals surface area contributed by atoms with E-state index in [1.807, 2.05) is 18.3 Å². The van der Waals surface area contributed by atoms with Gasteiger partial charge in [0, 0.05) is 55.3 Å². The number of hydrogen-bond donors (Lipinski definition) is 2. The van der Waals surface area contributed by atoms with Gasteiger partial charge >= 0.3 is 0 Å². The fourth-order valence-corrected chi connectivity index (χ4v) is 3.82. The number of aromatic nitrogens is 1. The molecular formula is C26H38ClN7. The van der Waals surface area contributed by atoms with Gasteiger partial charge in [0.1, 0.15) is 5.84 Å². The molecular weight excluding hydrogens is 446 g/mol. The molecule has 184 valence electrons. The molecule has 0 saturated carbocycles. The Hall–Kier alpha value is -2.87. The van der Waals surface area contributed by atoms with Gasteiger partial charge in [-0.15, -0.1) is 5.10 Å². The average molecular weight is 484 g/mol. The number of allylic oxidation sites excluding steroid dienone is 5. The molecule has 0 atom stereocenters.